The minimum Gasteiger partial charge on any atom is -0.497 e. The van der Waals surface area contributed by atoms with Crippen molar-refractivity contribution in [2.24, 2.45) is 5.92 Å². The van der Waals surface area contributed by atoms with Crippen LogP contribution < -0.4 is 15.0 Å². The molecule has 0 bridgehead atoms. The van der Waals surface area contributed by atoms with Gasteiger partial charge in [-0.05, 0) is 24.3 Å². The zero-order chi connectivity index (χ0) is 15.5. The van der Waals surface area contributed by atoms with Crippen LogP contribution in [0.5, 0.6) is 5.75 Å². The number of amides is 2. The number of hydrogen-bond acceptors (Lipinski definition) is 6. The van der Waals surface area contributed by atoms with Gasteiger partial charge in [0.2, 0.25) is 16.9 Å². The first kappa shape index (κ1) is 14.5. The van der Waals surface area contributed by atoms with Crippen molar-refractivity contribution in [1.82, 2.24) is 10.2 Å². The maximum Gasteiger partial charge on any atom is 0.231 e. The van der Waals surface area contributed by atoms with Gasteiger partial charge in [0, 0.05) is 18.7 Å². The van der Waals surface area contributed by atoms with Crippen molar-refractivity contribution in [3.05, 3.63) is 29.8 Å². The zero-order valence-electron chi connectivity index (χ0n) is 11.9. The summed E-state index contributed by atoms with van der Waals surface area (Å²) in [6.45, 7) is 0.357. The maximum atomic E-state index is 12.2. The van der Waals surface area contributed by atoms with Gasteiger partial charge >= 0.3 is 0 Å². The Bertz CT molecular complexity index is 672. The molecule has 1 saturated heterocycles. The zero-order valence-corrected chi connectivity index (χ0v) is 12.7. The van der Waals surface area contributed by atoms with Crippen molar-refractivity contribution in [2.45, 2.75) is 6.42 Å². The molecular weight excluding hydrogens is 304 g/mol. The Morgan fingerprint density at radius 1 is 1.41 bits per heavy atom. The highest BCUT2D eigenvalue weighted by Crippen LogP contribution is 2.27. The van der Waals surface area contributed by atoms with Gasteiger partial charge in [-0.2, -0.15) is 0 Å². The van der Waals surface area contributed by atoms with Gasteiger partial charge in [0.15, 0.2) is 0 Å². The van der Waals surface area contributed by atoms with E-state index < -0.39 is 5.92 Å². The number of methoxy groups -OCH3 is 1. The molecular formula is C14H14N4O3S. The summed E-state index contributed by atoms with van der Waals surface area (Å²) < 4.78 is 5.10. The van der Waals surface area contributed by atoms with Crippen LogP contribution >= 0.6 is 11.3 Å². The quantitative estimate of drug-likeness (QED) is 0.924. The molecule has 2 aromatic rings. The standard InChI is InChI=1S/C14H14N4O3S/c1-21-11-4-2-10(3-5-11)18-7-9(6-12(18)19)13(20)16-14-17-15-8-22-14/h2-5,8-9H,6-7H2,1H3,(H,16,17,20)/t9-/m0/s1. The summed E-state index contributed by atoms with van der Waals surface area (Å²) in [6.07, 6.45) is 0.191. The highest BCUT2D eigenvalue weighted by atomic mass is 32.1. The highest BCUT2D eigenvalue weighted by molar-refractivity contribution is 7.13. The molecule has 1 aromatic heterocycles. The molecule has 8 heteroatoms. The molecule has 114 valence electrons. The number of nitrogens with zero attached hydrogens (tertiary/aromatic N) is 3. The molecule has 1 aliphatic heterocycles. The average Bonchev–Trinajstić information content (AvgIpc) is 3.17. The lowest BCUT2D eigenvalue weighted by Gasteiger charge is -2.16. The third-order valence-electron chi connectivity index (χ3n) is 3.47. The van der Waals surface area contributed by atoms with E-state index in [0.717, 1.165) is 11.4 Å². The van der Waals surface area contributed by atoms with E-state index >= 15 is 0 Å². The average molecular weight is 318 g/mol. The monoisotopic (exact) mass is 318 g/mol. The van der Waals surface area contributed by atoms with Crippen molar-refractivity contribution < 1.29 is 14.3 Å². The minimum atomic E-state index is -0.390. The number of benzene rings is 1. The minimum absolute atomic E-state index is 0.0671. The molecule has 2 amide bonds. The molecule has 22 heavy (non-hydrogen) atoms. The first-order valence-corrected chi connectivity index (χ1v) is 7.57. The fourth-order valence-electron chi connectivity index (χ4n) is 2.33. The van der Waals surface area contributed by atoms with Crippen molar-refractivity contribution in [2.75, 3.05) is 23.9 Å². The number of ether oxygens (including phenoxy) is 1. The van der Waals surface area contributed by atoms with E-state index in [1.54, 1.807) is 29.7 Å². The van der Waals surface area contributed by atoms with Crippen LogP contribution in [-0.2, 0) is 9.59 Å². The highest BCUT2D eigenvalue weighted by Gasteiger charge is 2.35. The molecule has 2 heterocycles. The van der Waals surface area contributed by atoms with E-state index in [2.05, 4.69) is 15.5 Å². The predicted octanol–water partition coefficient (Wildman–Crippen LogP) is 1.54. The number of aromatic nitrogens is 2. The predicted molar refractivity (Wildman–Crippen MR) is 82.0 cm³/mol. The topological polar surface area (TPSA) is 84.4 Å². The number of anilines is 2. The molecule has 0 spiro atoms. The SMILES string of the molecule is COc1ccc(N2C[C@@H](C(=O)Nc3nncs3)CC2=O)cc1. The lowest BCUT2D eigenvalue weighted by Crippen LogP contribution is -2.28. The lowest BCUT2D eigenvalue weighted by atomic mass is 10.1. The van der Waals surface area contributed by atoms with Crippen LogP contribution in [0, 0.1) is 5.92 Å². The van der Waals surface area contributed by atoms with Gasteiger partial charge in [-0.25, -0.2) is 0 Å². The molecule has 0 aliphatic carbocycles. The largest absolute Gasteiger partial charge is 0.497 e. The second kappa shape index (κ2) is 6.10. The Balaban J connectivity index is 1.68. The fourth-order valence-corrected chi connectivity index (χ4v) is 2.78. The summed E-state index contributed by atoms with van der Waals surface area (Å²) in [4.78, 5) is 25.9. The Hall–Kier alpha value is -2.48. The van der Waals surface area contributed by atoms with Gasteiger partial charge in [0.25, 0.3) is 0 Å². The molecule has 1 aromatic carbocycles. The van der Waals surface area contributed by atoms with Crippen LogP contribution in [0.3, 0.4) is 0 Å². The Morgan fingerprint density at radius 3 is 2.82 bits per heavy atom. The second-order valence-corrected chi connectivity index (χ2v) is 5.67. The van der Waals surface area contributed by atoms with E-state index in [4.69, 9.17) is 4.74 Å². The van der Waals surface area contributed by atoms with Crippen LogP contribution in [0.4, 0.5) is 10.8 Å². The van der Waals surface area contributed by atoms with Crippen molar-refractivity contribution in [3.63, 3.8) is 0 Å². The van der Waals surface area contributed by atoms with Crippen LogP contribution in [0.25, 0.3) is 0 Å². The molecule has 0 saturated carbocycles. The van der Waals surface area contributed by atoms with Gasteiger partial charge in [0.1, 0.15) is 11.3 Å². The molecule has 1 N–H and O–H groups in total. The summed E-state index contributed by atoms with van der Waals surface area (Å²) in [5.74, 6) is 0.0585. The van der Waals surface area contributed by atoms with Gasteiger partial charge in [-0.1, -0.05) is 11.3 Å². The van der Waals surface area contributed by atoms with Crippen molar-refractivity contribution in [3.8, 4) is 5.75 Å². The van der Waals surface area contributed by atoms with E-state index in [0.29, 0.717) is 11.7 Å². The van der Waals surface area contributed by atoms with Crippen molar-refractivity contribution >= 4 is 34.0 Å². The van der Waals surface area contributed by atoms with E-state index in [9.17, 15) is 9.59 Å². The number of carbonyl (C=O) groups excluding carboxylic acids is 2. The molecule has 7 nitrogen and oxygen atoms in total. The number of rotatable bonds is 4. The Kier molecular flexibility index (Phi) is 4.01. The van der Waals surface area contributed by atoms with Crippen LogP contribution in [0.2, 0.25) is 0 Å². The van der Waals surface area contributed by atoms with E-state index in [1.807, 2.05) is 12.1 Å². The van der Waals surface area contributed by atoms with Gasteiger partial charge in [-0.3, -0.25) is 9.59 Å². The fraction of sp³-hybridized carbons (Fsp3) is 0.286. The molecule has 1 fully saturated rings. The Morgan fingerprint density at radius 2 is 2.18 bits per heavy atom. The summed E-state index contributed by atoms with van der Waals surface area (Å²) in [5, 5.41) is 10.6. The third kappa shape index (κ3) is 2.91. The number of nitrogens with one attached hydrogen (secondary N) is 1. The van der Waals surface area contributed by atoms with E-state index in [-0.39, 0.29) is 18.2 Å². The molecule has 3 rings (SSSR count). The second-order valence-electron chi connectivity index (χ2n) is 4.84. The summed E-state index contributed by atoms with van der Waals surface area (Å²) in [5.41, 5.74) is 2.30. The van der Waals surface area contributed by atoms with Crippen LogP contribution in [-0.4, -0.2) is 35.7 Å². The third-order valence-corrected chi connectivity index (χ3v) is 4.08. The molecule has 1 atom stereocenters. The molecule has 0 radical (unpaired) electrons. The van der Waals surface area contributed by atoms with Gasteiger partial charge in [0.05, 0.1) is 13.0 Å². The number of hydrogen-bond donors (Lipinski definition) is 1. The van der Waals surface area contributed by atoms with Crippen molar-refractivity contribution in [1.29, 1.82) is 0 Å². The smallest absolute Gasteiger partial charge is 0.231 e. The lowest BCUT2D eigenvalue weighted by molar-refractivity contribution is -0.122. The molecule has 0 unspecified atom stereocenters. The summed E-state index contributed by atoms with van der Waals surface area (Å²) >= 11 is 1.25. The normalized spacial score (nSPS) is 17.6. The Labute approximate surface area is 130 Å². The van der Waals surface area contributed by atoms with Crippen LogP contribution in [0.1, 0.15) is 6.42 Å². The first-order chi connectivity index (χ1) is 10.7. The first-order valence-electron chi connectivity index (χ1n) is 6.69. The van der Waals surface area contributed by atoms with Gasteiger partial charge < -0.3 is 15.0 Å². The maximum absolute atomic E-state index is 12.2. The number of carbonyl (C=O) groups is 2. The van der Waals surface area contributed by atoms with Crippen LogP contribution in [0.15, 0.2) is 29.8 Å². The van der Waals surface area contributed by atoms with E-state index in [1.165, 1.54) is 11.3 Å². The van der Waals surface area contributed by atoms with Gasteiger partial charge in [-0.15, -0.1) is 10.2 Å². The summed E-state index contributed by atoms with van der Waals surface area (Å²) in [6, 6.07) is 7.19. The molecule has 1 aliphatic rings. The summed E-state index contributed by atoms with van der Waals surface area (Å²) in [7, 11) is 1.59.